The lowest BCUT2D eigenvalue weighted by atomic mass is 10.0. The monoisotopic (exact) mass is 305 g/mol. The summed E-state index contributed by atoms with van der Waals surface area (Å²) in [6.45, 7) is 5.89. The molecule has 0 radical (unpaired) electrons. The number of nitrogens with one attached hydrogen (secondary N) is 3. The van der Waals surface area contributed by atoms with Gasteiger partial charge in [-0.25, -0.2) is 0 Å². The maximum absolute atomic E-state index is 12.0. The van der Waals surface area contributed by atoms with Gasteiger partial charge in [0.2, 0.25) is 5.91 Å². The van der Waals surface area contributed by atoms with Crippen LogP contribution in [0.15, 0.2) is 18.2 Å². The number of rotatable bonds is 6. The summed E-state index contributed by atoms with van der Waals surface area (Å²) in [5.41, 5.74) is 2.71. The molecule has 0 atom stereocenters. The van der Waals surface area contributed by atoms with Crippen LogP contribution in [0.1, 0.15) is 31.9 Å². The van der Waals surface area contributed by atoms with Crippen LogP contribution in [0.2, 0.25) is 0 Å². The average molecular weight is 305 g/mol. The molecule has 22 heavy (non-hydrogen) atoms. The first kappa shape index (κ1) is 17.7. The predicted octanol–water partition coefficient (Wildman–Crippen LogP) is 1.00. The highest BCUT2D eigenvalue weighted by Crippen LogP contribution is 2.22. The molecule has 6 nitrogen and oxygen atoms in total. The first-order valence-electron chi connectivity index (χ1n) is 7.43. The lowest BCUT2D eigenvalue weighted by Crippen LogP contribution is -2.40. The Morgan fingerprint density at radius 3 is 1.95 bits per heavy atom. The second kappa shape index (κ2) is 8.81. The van der Waals surface area contributed by atoms with Crippen molar-refractivity contribution in [1.82, 2.24) is 10.6 Å². The molecular formula is C16H23N3O3. The molecule has 1 aromatic rings. The van der Waals surface area contributed by atoms with Crippen LogP contribution in [-0.2, 0) is 27.2 Å². The van der Waals surface area contributed by atoms with Crippen LogP contribution < -0.4 is 16.0 Å². The molecule has 0 spiro atoms. The average Bonchev–Trinajstić information content (AvgIpc) is 2.51. The van der Waals surface area contributed by atoms with Crippen LogP contribution in [0.4, 0.5) is 5.69 Å². The normalized spacial score (nSPS) is 9.95. The van der Waals surface area contributed by atoms with Gasteiger partial charge in [-0.15, -0.1) is 0 Å². The maximum atomic E-state index is 12.0. The van der Waals surface area contributed by atoms with Crippen LogP contribution in [0.25, 0.3) is 0 Å². The molecule has 0 fully saturated rings. The molecule has 3 amide bonds. The third kappa shape index (κ3) is 5.20. The number of anilines is 1. The highest BCUT2D eigenvalue weighted by Gasteiger charge is 2.16. The quantitative estimate of drug-likeness (QED) is 0.541. The van der Waals surface area contributed by atoms with Crippen molar-refractivity contribution in [3.05, 3.63) is 29.3 Å². The zero-order valence-corrected chi connectivity index (χ0v) is 13.3. The number of benzene rings is 1. The molecule has 0 aliphatic carbocycles. The van der Waals surface area contributed by atoms with E-state index in [1.165, 1.54) is 6.92 Å². The Kier molecular flexibility index (Phi) is 7.08. The topological polar surface area (TPSA) is 87.3 Å². The standard InChI is InChI=1S/C16H23N3O3/c1-4-12-7-6-8-13(5-2)14(12)19-16(22)15(21)18-10-9-17-11(3)20/h6-8H,4-5,9-10H2,1-3H3,(H,17,20)(H,18,21)(H,19,22). The first-order chi connectivity index (χ1) is 10.5. The molecule has 0 saturated heterocycles. The first-order valence-corrected chi connectivity index (χ1v) is 7.43. The lowest BCUT2D eigenvalue weighted by Gasteiger charge is -2.14. The predicted molar refractivity (Wildman–Crippen MR) is 85.5 cm³/mol. The summed E-state index contributed by atoms with van der Waals surface area (Å²) in [7, 11) is 0. The zero-order chi connectivity index (χ0) is 16.5. The van der Waals surface area contributed by atoms with Crippen molar-refractivity contribution in [2.45, 2.75) is 33.6 Å². The summed E-state index contributed by atoms with van der Waals surface area (Å²) >= 11 is 0. The fourth-order valence-corrected chi connectivity index (χ4v) is 2.07. The number of hydrogen-bond donors (Lipinski definition) is 3. The fraction of sp³-hybridized carbons (Fsp3) is 0.438. The number of aryl methyl sites for hydroxylation is 2. The van der Waals surface area contributed by atoms with E-state index in [2.05, 4.69) is 16.0 Å². The van der Waals surface area contributed by atoms with Gasteiger partial charge in [-0.3, -0.25) is 14.4 Å². The smallest absolute Gasteiger partial charge is 0.313 e. The molecule has 0 bridgehead atoms. The van der Waals surface area contributed by atoms with Crippen molar-refractivity contribution in [2.75, 3.05) is 18.4 Å². The Labute approximate surface area is 130 Å². The van der Waals surface area contributed by atoms with Crippen molar-refractivity contribution in [3.8, 4) is 0 Å². The highest BCUT2D eigenvalue weighted by atomic mass is 16.2. The van der Waals surface area contributed by atoms with Crippen LogP contribution in [0.3, 0.4) is 0 Å². The van der Waals surface area contributed by atoms with Gasteiger partial charge in [0.1, 0.15) is 0 Å². The van der Waals surface area contributed by atoms with Gasteiger partial charge in [-0.1, -0.05) is 32.0 Å². The van der Waals surface area contributed by atoms with E-state index in [0.717, 1.165) is 29.7 Å². The summed E-state index contributed by atoms with van der Waals surface area (Å²) in [6.07, 6.45) is 1.54. The molecular weight excluding hydrogens is 282 g/mol. The lowest BCUT2D eigenvalue weighted by molar-refractivity contribution is -0.136. The molecule has 120 valence electrons. The fourth-order valence-electron chi connectivity index (χ4n) is 2.07. The molecule has 1 rings (SSSR count). The van der Waals surface area contributed by atoms with Gasteiger partial charge in [0.15, 0.2) is 0 Å². The summed E-state index contributed by atoms with van der Waals surface area (Å²) in [4.78, 5) is 34.4. The molecule has 0 heterocycles. The van der Waals surface area contributed by atoms with Crippen molar-refractivity contribution < 1.29 is 14.4 Å². The maximum Gasteiger partial charge on any atom is 0.313 e. The Balaban J connectivity index is 2.64. The molecule has 0 saturated carbocycles. The van der Waals surface area contributed by atoms with E-state index < -0.39 is 11.8 Å². The van der Waals surface area contributed by atoms with E-state index >= 15 is 0 Å². The Morgan fingerprint density at radius 1 is 0.909 bits per heavy atom. The number of carbonyl (C=O) groups excluding carboxylic acids is 3. The largest absolute Gasteiger partial charge is 0.355 e. The zero-order valence-electron chi connectivity index (χ0n) is 13.3. The summed E-state index contributed by atoms with van der Waals surface area (Å²) in [5, 5.41) is 7.70. The molecule has 0 aliphatic rings. The second-order valence-electron chi connectivity index (χ2n) is 4.85. The van der Waals surface area contributed by atoms with Crippen molar-refractivity contribution >= 4 is 23.4 Å². The summed E-state index contributed by atoms with van der Waals surface area (Å²) in [6, 6.07) is 5.81. The molecule has 0 aromatic heterocycles. The highest BCUT2D eigenvalue weighted by molar-refractivity contribution is 6.39. The van der Waals surface area contributed by atoms with Gasteiger partial charge in [-0.2, -0.15) is 0 Å². The van der Waals surface area contributed by atoms with Gasteiger partial charge in [0.25, 0.3) is 0 Å². The van der Waals surface area contributed by atoms with Crippen LogP contribution >= 0.6 is 0 Å². The third-order valence-electron chi connectivity index (χ3n) is 3.23. The van der Waals surface area contributed by atoms with E-state index in [0.29, 0.717) is 6.54 Å². The number of carbonyl (C=O) groups is 3. The SMILES string of the molecule is CCc1cccc(CC)c1NC(=O)C(=O)NCCNC(C)=O. The number of amides is 3. The van der Waals surface area contributed by atoms with Gasteiger partial charge in [0, 0.05) is 25.7 Å². The second-order valence-corrected chi connectivity index (χ2v) is 4.85. The molecule has 6 heteroatoms. The Hall–Kier alpha value is -2.37. The summed E-state index contributed by atoms with van der Waals surface area (Å²) < 4.78 is 0. The van der Waals surface area contributed by atoms with Gasteiger partial charge in [-0.05, 0) is 24.0 Å². The van der Waals surface area contributed by atoms with Crippen LogP contribution in [-0.4, -0.2) is 30.8 Å². The minimum Gasteiger partial charge on any atom is -0.355 e. The van der Waals surface area contributed by atoms with Gasteiger partial charge >= 0.3 is 11.8 Å². The van der Waals surface area contributed by atoms with E-state index in [1.54, 1.807) is 0 Å². The van der Waals surface area contributed by atoms with E-state index in [9.17, 15) is 14.4 Å². The minimum absolute atomic E-state index is 0.178. The van der Waals surface area contributed by atoms with Crippen molar-refractivity contribution in [1.29, 1.82) is 0 Å². The van der Waals surface area contributed by atoms with Gasteiger partial charge in [0.05, 0.1) is 0 Å². The van der Waals surface area contributed by atoms with E-state index in [-0.39, 0.29) is 12.5 Å². The van der Waals surface area contributed by atoms with Crippen LogP contribution in [0, 0.1) is 0 Å². The third-order valence-corrected chi connectivity index (χ3v) is 3.23. The Morgan fingerprint density at radius 2 is 1.45 bits per heavy atom. The summed E-state index contributed by atoms with van der Waals surface area (Å²) in [5.74, 6) is -1.58. The number of para-hydroxylation sites is 1. The molecule has 0 aliphatic heterocycles. The minimum atomic E-state index is -0.710. The van der Waals surface area contributed by atoms with Crippen molar-refractivity contribution in [2.24, 2.45) is 0 Å². The molecule has 3 N–H and O–H groups in total. The van der Waals surface area contributed by atoms with Crippen molar-refractivity contribution in [3.63, 3.8) is 0 Å². The molecule has 1 aromatic carbocycles. The van der Waals surface area contributed by atoms with E-state index in [4.69, 9.17) is 0 Å². The molecule has 0 unspecified atom stereocenters. The van der Waals surface area contributed by atoms with Crippen LogP contribution in [0.5, 0.6) is 0 Å². The van der Waals surface area contributed by atoms with Gasteiger partial charge < -0.3 is 16.0 Å². The number of hydrogen-bond acceptors (Lipinski definition) is 3. The Bertz CT molecular complexity index is 533. The van der Waals surface area contributed by atoms with E-state index in [1.807, 2.05) is 32.0 Å².